The molecule has 2 aliphatic rings. The zero-order chi connectivity index (χ0) is 20.8. The summed E-state index contributed by atoms with van der Waals surface area (Å²) in [6.07, 6.45) is 7.89. The molecule has 29 heavy (non-hydrogen) atoms. The van der Waals surface area contributed by atoms with Crippen molar-refractivity contribution >= 4 is 8.80 Å². The van der Waals surface area contributed by atoms with Crippen molar-refractivity contribution < 1.29 is 27.0 Å². The number of benzene rings is 1. The summed E-state index contributed by atoms with van der Waals surface area (Å²) < 4.78 is 61.8. The van der Waals surface area contributed by atoms with Gasteiger partial charge in [-0.05, 0) is 67.6 Å². The van der Waals surface area contributed by atoms with Crippen LogP contribution in [0.1, 0.15) is 56.4 Å². The van der Waals surface area contributed by atoms with Crippen LogP contribution in [-0.4, -0.2) is 29.1 Å². The Balaban J connectivity index is 1.48. The zero-order valence-corrected chi connectivity index (χ0v) is 18.3. The summed E-state index contributed by atoms with van der Waals surface area (Å²) in [6.45, 7) is -2.36. The molecular formula is C22H32F4O2Si. The van der Waals surface area contributed by atoms with Crippen LogP contribution in [0.25, 0.3) is 0 Å². The van der Waals surface area contributed by atoms with Gasteiger partial charge in [-0.2, -0.15) is 8.78 Å². The molecule has 0 N–H and O–H groups in total. The molecular weight excluding hydrogens is 400 g/mol. The van der Waals surface area contributed by atoms with Crippen LogP contribution in [0.3, 0.4) is 0 Å². The fourth-order valence-electron chi connectivity index (χ4n) is 5.41. The average Bonchev–Trinajstić information content (AvgIpc) is 2.71. The highest BCUT2D eigenvalue weighted by molar-refractivity contribution is 6.58. The Kier molecular flexibility index (Phi) is 8.42. The van der Waals surface area contributed by atoms with Gasteiger partial charge in [-0.25, -0.2) is 8.78 Å². The normalized spacial score (nSPS) is 27.9. The van der Waals surface area contributed by atoms with Gasteiger partial charge in [0.1, 0.15) is 0 Å². The van der Waals surface area contributed by atoms with Gasteiger partial charge in [-0.3, -0.25) is 0 Å². The number of ether oxygens (including phenoxy) is 2. The molecule has 0 radical (unpaired) electrons. The maximum Gasteiger partial charge on any atom is 0.387 e. The Labute approximate surface area is 172 Å². The summed E-state index contributed by atoms with van der Waals surface area (Å²) >= 11 is 0. The molecule has 0 spiro atoms. The number of hydrogen-bond acceptors (Lipinski definition) is 2. The first-order valence-corrected chi connectivity index (χ1v) is 13.4. The lowest BCUT2D eigenvalue weighted by Crippen LogP contribution is -2.28. The lowest BCUT2D eigenvalue weighted by molar-refractivity contribution is -0.0546. The predicted octanol–water partition coefficient (Wildman–Crippen LogP) is 6.51. The second-order valence-corrected chi connectivity index (χ2v) is 12.2. The van der Waals surface area contributed by atoms with Crippen molar-refractivity contribution in [2.75, 3.05) is 13.7 Å². The standard InChI is InChI=1S/C22H32F4O2Si/c1-27-9-2-10-29-11-7-17(8-12-29)15-3-5-16(6-4-15)18-13-19(23)21(20(24)14-18)28-22(25)26/h13-17,22,29H,2-12H2,1H3/t15?,16?,17-,29-. The zero-order valence-electron chi connectivity index (χ0n) is 17.1. The van der Waals surface area contributed by atoms with Gasteiger partial charge in [0.25, 0.3) is 0 Å². The molecule has 1 saturated heterocycles. The summed E-state index contributed by atoms with van der Waals surface area (Å²) in [5, 5.41) is 0. The third kappa shape index (κ3) is 6.20. The first-order chi connectivity index (χ1) is 14.0. The third-order valence-electron chi connectivity index (χ3n) is 6.99. The highest BCUT2D eigenvalue weighted by Crippen LogP contribution is 2.44. The second-order valence-electron chi connectivity index (χ2n) is 8.72. The van der Waals surface area contributed by atoms with E-state index in [0.29, 0.717) is 5.56 Å². The van der Waals surface area contributed by atoms with E-state index in [1.807, 2.05) is 0 Å². The minimum atomic E-state index is -3.24. The largest absolute Gasteiger partial charge is 0.429 e. The monoisotopic (exact) mass is 432 g/mol. The number of hydrogen-bond donors (Lipinski definition) is 0. The van der Waals surface area contributed by atoms with Crippen LogP contribution in [0.2, 0.25) is 18.1 Å². The van der Waals surface area contributed by atoms with E-state index in [2.05, 4.69) is 4.74 Å². The Morgan fingerprint density at radius 3 is 2.10 bits per heavy atom. The molecule has 7 heteroatoms. The topological polar surface area (TPSA) is 18.5 Å². The Hall–Kier alpha value is -1.08. The van der Waals surface area contributed by atoms with Crippen molar-refractivity contribution in [1.29, 1.82) is 0 Å². The quantitative estimate of drug-likeness (QED) is 0.265. The molecule has 0 aromatic heterocycles. The molecule has 2 nitrogen and oxygen atoms in total. The molecule has 0 unspecified atom stereocenters. The molecule has 1 aromatic rings. The molecule has 1 saturated carbocycles. The van der Waals surface area contributed by atoms with Crippen LogP contribution in [0.4, 0.5) is 17.6 Å². The highest BCUT2D eigenvalue weighted by atomic mass is 28.3. The molecule has 1 aromatic carbocycles. The van der Waals surface area contributed by atoms with Crippen molar-refractivity contribution in [3.63, 3.8) is 0 Å². The van der Waals surface area contributed by atoms with Crippen LogP contribution in [0.5, 0.6) is 5.75 Å². The molecule has 3 rings (SSSR count). The van der Waals surface area contributed by atoms with Crippen molar-refractivity contribution in [3.8, 4) is 5.75 Å². The Morgan fingerprint density at radius 1 is 0.966 bits per heavy atom. The van der Waals surface area contributed by atoms with E-state index in [0.717, 1.165) is 44.1 Å². The Bertz CT molecular complexity index is 619. The van der Waals surface area contributed by atoms with Gasteiger partial charge in [-0.15, -0.1) is 0 Å². The molecule has 1 heterocycles. The SMILES string of the molecule is COCCC[Si@H]1CC[C@H](C2CCC(c3cc(F)c(OC(F)F)c(F)c3)CC2)CC1. The molecule has 1 aliphatic carbocycles. The van der Waals surface area contributed by atoms with Crippen LogP contribution >= 0.6 is 0 Å². The Morgan fingerprint density at radius 2 is 1.55 bits per heavy atom. The van der Waals surface area contributed by atoms with Crippen LogP contribution in [-0.2, 0) is 4.74 Å². The maximum atomic E-state index is 14.0. The first-order valence-electron chi connectivity index (χ1n) is 10.9. The molecule has 0 amide bonds. The first kappa shape index (κ1) is 22.6. The van der Waals surface area contributed by atoms with Crippen LogP contribution in [0.15, 0.2) is 12.1 Å². The molecule has 164 valence electrons. The molecule has 0 atom stereocenters. The van der Waals surface area contributed by atoms with Gasteiger partial charge in [0.2, 0.25) is 0 Å². The summed E-state index contributed by atoms with van der Waals surface area (Å²) in [5.41, 5.74) is 0.564. The van der Waals surface area contributed by atoms with E-state index in [-0.39, 0.29) is 5.92 Å². The van der Waals surface area contributed by atoms with Gasteiger partial charge in [0.05, 0.1) is 0 Å². The maximum absolute atomic E-state index is 14.0. The predicted molar refractivity (Wildman–Crippen MR) is 108 cm³/mol. The molecule has 1 aliphatic heterocycles. The fraction of sp³-hybridized carbons (Fsp3) is 0.727. The lowest BCUT2D eigenvalue weighted by Gasteiger charge is -2.37. The summed E-state index contributed by atoms with van der Waals surface area (Å²) in [6, 6.07) is 6.62. The van der Waals surface area contributed by atoms with Crippen molar-refractivity contribution in [3.05, 3.63) is 29.3 Å². The van der Waals surface area contributed by atoms with Crippen LogP contribution in [0, 0.1) is 23.5 Å². The summed E-state index contributed by atoms with van der Waals surface area (Å²) in [5.74, 6) is -1.45. The second kappa shape index (κ2) is 10.8. The third-order valence-corrected chi connectivity index (χ3v) is 10.5. The van der Waals surface area contributed by atoms with E-state index in [1.165, 1.54) is 49.5 Å². The van der Waals surface area contributed by atoms with Crippen molar-refractivity contribution in [1.82, 2.24) is 0 Å². The van der Waals surface area contributed by atoms with Crippen molar-refractivity contribution in [2.24, 2.45) is 11.8 Å². The number of halogens is 4. The summed E-state index contributed by atoms with van der Waals surface area (Å²) in [7, 11) is 1.20. The average molecular weight is 433 g/mol. The highest BCUT2D eigenvalue weighted by Gasteiger charge is 2.32. The number of rotatable bonds is 8. The molecule has 2 fully saturated rings. The molecule has 0 bridgehead atoms. The minimum absolute atomic E-state index is 0.0932. The van der Waals surface area contributed by atoms with E-state index < -0.39 is 32.8 Å². The van der Waals surface area contributed by atoms with E-state index >= 15 is 0 Å². The van der Waals surface area contributed by atoms with Crippen LogP contribution < -0.4 is 4.74 Å². The van der Waals surface area contributed by atoms with Gasteiger partial charge >= 0.3 is 6.61 Å². The van der Waals surface area contributed by atoms with Gasteiger partial charge in [0, 0.05) is 22.5 Å². The minimum Gasteiger partial charge on any atom is -0.429 e. The fourth-order valence-corrected chi connectivity index (χ4v) is 8.81. The number of methoxy groups -OCH3 is 1. The van der Waals surface area contributed by atoms with Gasteiger partial charge in [-0.1, -0.05) is 31.0 Å². The van der Waals surface area contributed by atoms with E-state index in [1.54, 1.807) is 7.11 Å². The smallest absolute Gasteiger partial charge is 0.387 e. The van der Waals surface area contributed by atoms with Gasteiger partial charge in [0.15, 0.2) is 17.4 Å². The van der Waals surface area contributed by atoms with E-state index in [9.17, 15) is 17.6 Å². The van der Waals surface area contributed by atoms with E-state index in [4.69, 9.17) is 4.74 Å². The van der Waals surface area contributed by atoms with Gasteiger partial charge < -0.3 is 9.47 Å². The lowest BCUT2D eigenvalue weighted by atomic mass is 9.72. The van der Waals surface area contributed by atoms with Crippen molar-refractivity contribution in [2.45, 2.75) is 75.6 Å². The number of alkyl halides is 2. The summed E-state index contributed by atoms with van der Waals surface area (Å²) in [4.78, 5) is 0.